The molecule has 6 heteroatoms. The molecule has 16 heavy (non-hydrogen) atoms. The molecule has 0 N–H and O–H groups in total. The molecule has 0 fully saturated rings. The SMILES string of the molecule is Fc1cc(F)c(-n2ccc(CCl)n2)c(Br)c1. The lowest BCUT2D eigenvalue weighted by Crippen LogP contribution is -2.01. The highest BCUT2D eigenvalue weighted by atomic mass is 79.9. The van der Waals surface area contributed by atoms with Gasteiger partial charge in [-0.05, 0) is 28.1 Å². The minimum atomic E-state index is -0.684. The van der Waals surface area contributed by atoms with Crippen molar-refractivity contribution >= 4 is 27.5 Å². The highest BCUT2D eigenvalue weighted by Gasteiger charge is 2.12. The number of aromatic nitrogens is 2. The van der Waals surface area contributed by atoms with E-state index in [0.717, 1.165) is 6.07 Å². The van der Waals surface area contributed by atoms with Gasteiger partial charge in [0.15, 0.2) is 5.82 Å². The summed E-state index contributed by atoms with van der Waals surface area (Å²) in [5.74, 6) is -1.08. The van der Waals surface area contributed by atoms with Crippen LogP contribution in [0.1, 0.15) is 5.69 Å². The van der Waals surface area contributed by atoms with Gasteiger partial charge in [-0.2, -0.15) is 5.10 Å². The van der Waals surface area contributed by atoms with Crippen molar-refractivity contribution in [2.24, 2.45) is 0 Å². The normalized spacial score (nSPS) is 10.8. The second-order valence-corrected chi connectivity index (χ2v) is 4.22. The van der Waals surface area contributed by atoms with Crippen molar-refractivity contribution in [2.75, 3.05) is 0 Å². The monoisotopic (exact) mass is 306 g/mol. The predicted octanol–water partition coefficient (Wildman–Crippen LogP) is 3.65. The number of hydrogen-bond donors (Lipinski definition) is 0. The van der Waals surface area contributed by atoms with Gasteiger partial charge in [-0.15, -0.1) is 11.6 Å². The zero-order chi connectivity index (χ0) is 11.7. The first-order valence-corrected chi connectivity index (χ1v) is 5.70. The quantitative estimate of drug-likeness (QED) is 0.774. The maximum Gasteiger partial charge on any atom is 0.152 e. The van der Waals surface area contributed by atoms with Gasteiger partial charge in [0.1, 0.15) is 11.5 Å². The summed E-state index contributed by atoms with van der Waals surface area (Å²) in [6.45, 7) is 0. The molecule has 0 amide bonds. The molecule has 84 valence electrons. The van der Waals surface area contributed by atoms with Gasteiger partial charge >= 0.3 is 0 Å². The predicted molar refractivity (Wildman–Crippen MR) is 60.7 cm³/mol. The molecular formula is C10H6BrClF2N2. The van der Waals surface area contributed by atoms with Crippen molar-refractivity contribution in [3.8, 4) is 5.69 Å². The average molecular weight is 308 g/mol. The average Bonchev–Trinajstić information content (AvgIpc) is 2.64. The molecule has 2 rings (SSSR count). The van der Waals surface area contributed by atoms with E-state index in [2.05, 4.69) is 21.0 Å². The van der Waals surface area contributed by atoms with Crippen molar-refractivity contribution in [2.45, 2.75) is 5.88 Å². The van der Waals surface area contributed by atoms with Crippen LogP contribution in [0.5, 0.6) is 0 Å². The topological polar surface area (TPSA) is 17.8 Å². The fraction of sp³-hybridized carbons (Fsp3) is 0.100. The van der Waals surface area contributed by atoms with E-state index in [1.165, 1.54) is 10.7 Å². The summed E-state index contributed by atoms with van der Waals surface area (Å²) in [5, 5.41) is 4.04. The summed E-state index contributed by atoms with van der Waals surface area (Å²) in [6.07, 6.45) is 1.57. The van der Waals surface area contributed by atoms with E-state index >= 15 is 0 Å². The van der Waals surface area contributed by atoms with Gasteiger partial charge in [0, 0.05) is 16.7 Å². The lowest BCUT2D eigenvalue weighted by atomic mass is 10.3. The van der Waals surface area contributed by atoms with Crippen molar-refractivity contribution in [1.29, 1.82) is 0 Å². The molecule has 0 spiro atoms. The van der Waals surface area contributed by atoms with Crippen LogP contribution in [-0.2, 0) is 5.88 Å². The summed E-state index contributed by atoms with van der Waals surface area (Å²) in [6, 6.07) is 3.66. The smallest absolute Gasteiger partial charge is 0.152 e. The summed E-state index contributed by atoms with van der Waals surface area (Å²) >= 11 is 8.68. The number of alkyl halides is 1. The Bertz CT molecular complexity index is 504. The number of benzene rings is 1. The zero-order valence-electron chi connectivity index (χ0n) is 7.92. The Morgan fingerprint density at radius 2 is 2.12 bits per heavy atom. The van der Waals surface area contributed by atoms with Gasteiger partial charge in [-0.1, -0.05) is 0 Å². The fourth-order valence-corrected chi connectivity index (χ4v) is 2.04. The van der Waals surface area contributed by atoms with Crippen LogP contribution >= 0.6 is 27.5 Å². The molecule has 2 aromatic rings. The summed E-state index contributed by atoms with van der Waals surface area (Å²) in [5.41, 5.74) is 0.787. The highest BCUT2D eigenvalue weighted by molar-refractivity contribution is 9.10. The van der Waals surface area contributed by atoms with Gasteiger partial charge in [-0.25, -0.2) is 13.5 Å². The maximum atomic E-state index is 13.5. The molecule has 0 saturated heterocycles. The van der Waals surface area contributed by atoms with Crippen molar-refractivity contribution in [3.05, 3.63) is 46.2 Å². The Labute approximate surface area is 104 Å². The molecular weight excluding hydrogens is 301 g/mol. The standard InChI is InChI=1S/C10H6BrClF2N2/c11-8-3-6(13)4-9(14)10(8)16-2-1-7(5-12)15-16/h1-4H,5H2. The third kappa shape index (κ3) is 2.10. The van der Waals surface area contributed by atoms with Crippen molar-refractivity contribution in [3.63, 3.8) is 0 Å². The minimum Gasteiger partial charge on any atom is -0.237 e. The molecule has 0 saturated carbocycles. The lowest BCUT2D eigenvalue weighted by molar-refractivity contribution is 0.571. The second-order valence-electron chi connectivity index (χ2n) is 3.10. The molecule has 1 heterocycles. The van der Waals surface area contributed by atoms with Crippen LogP contribution in [0.3, 0.4) is 0 Å². The van der Waals surface area contributed by atoms with Crippen molar-refractivity contribution < 1.29 is 8.78 Å². The number of rotatable bonds is 2. The Morgan fingerprint density at radius 3 is 2.69 bits per heavy atom. The van der Waals surface area contributed by atoms with Crippen LogP contribution in [0.2, 0.25) is 0 Å². The van der Waals surface area contributed by atoms with E-state index in [1.807, 2.05) is 0 Å². The molecule has 0 aliphatic rings. The third-order valence-electron chi connectivity index (χ3n) is 1.99. The van der Waals surface area contributed by atoms with Gasteiger partial charge < -0.3 is 0 Å². The Kier molecular flexibility index (Phi) is 3.25. The lowest BCUT2D eigenvalue weighted by Gasteiger charge is -2.06. The highest BCUT2D eigenvalue weighted by Crippen LogP contribution is 2.25. The van der Waals surface area contributed by atoms with E-state index < -0.39 is 11.6 Å². The van der Waals surface area contributed by atoms with E-state index in [0.29, 0.717) is 10.2 Å². The summed E-state index contributed by atoms with van der Waals surface area (Å²) < 4.78 is 28.0. The third-order valence-corrected chi connectivity index (χ3v) is 2.87. The molecule has 2 nitrogen and oxygen atoms in total. The number of hydrogen-bond acceptors (Lipinski definition) is 1. The zero-order valence-corrected chi connectivity index (χ0v) is 10.3. The van der Waals surface area contributed by atoms with Crippen LogP contribution in [0.25, 0.3) is 5.69 Å². The number of nitrogens with zero attached hydrogens (tertiary/aromatic N) is 2. The van der Waals surface area contributed by atoms with Crippen LogP contribution in [0, 0.1) is 11.6 Å². The van der Waals surface area contributed by atoms with Gasteiger partial charge in [-0.3, -0.25) is 0 Å². The van der Waals surface area contributed by atoms with Gasteiger partial charge in [0.2, 0.25) is 0 Å². The maximum absolute atomic E-state index is 13.5. The molecule has 0 unspecified atom stereocenters. The van der Waals surface area contributed by atoms with E-state index in [-0.39, 0.29) is 11.6 Å². The first kappa shape index (κ1) is 11.5. The van der Waals surface area contributed by atoms with Gasteiger partial charge in [0.05, 0.1) is 11.6 Å². The van der Waals surface area contributed by atoms with Crippen LogP contribution in [0.4, 0.5) is 8.78 Å². The Balaban J connectivity index is 2.55. The Hall–Kier alpha value is -0.940. The van der Waals surface area contributed by atoms with Crippen LogP contribution in [0.15, 0.2) is 28.9 Å². The van der Waals surface area contributed by atoms with Crippen LogP contribution in [-0.4, -0.2) is 9.78 Å². The van der Waals surface area contributed by atoms with Crippen molar-refractivity contribution in [1.82, 2.24) is 9.78 Å². The molecule has 0 bridgehead atoms. The van der Waals surface area contributed by atoms with E-state index in [1.54, 1.807) is 12.3 Å². The molecule has 1 aromatic heterocycles. The van der Waals surface area contributed by atoms with Gasteiger partial charge in [0.25, 0.3) is 0 Å². The second kappa shape index (κ2) is 4.51. The first-order chi connectivity index (χ1) is 7.61. The Morgan fingerprint density at radius 1 is 1.38 bits per heavy atom. The molecule has 0 aliphatic heterocycles. The first-order valence-electron chi connectivity index (χ1n) is 4.37. The van der Waals surface area contributed by atoms with E-state index in [4.69, 9.17) is 11.6 Å². The summed E-state index contributed by atoms with van der Waals surface area (Å²) in [4.78, 5) is 0. The van der Waals surface area contributed by atoms with E-state index in [9.17, 15) is 8.78 Å². The molecule has 0 radical (unpaired) electrons. The molecule has 0 atom stereocenters. The fourth-order valence-electron chi connectivity index (χ4n) is 1.31. The summed E-state index contributed by atoms with van der Waals surface area (Å²) in [7, 11) is 0. The largest absolute Gasteiger partial charge is 0.237 e. The van der Waals surface area contributed by atoms with Crippen LogP contribution < -0.4 is 0 Å². The number of halogens is 4. The molecule has 1 aromatic carbocycles. The minimum absolute atomic E-state index is 0.165. The molecule has 0 aliphatic carbocycles.